The Balaban J connectivity index is 2.08. The lowest BCUT2D eigenvalue weighted by Crippen LogP contribution is -2.10. The van der Waals surface area contributed by atoms with Crippen molar-refractivity contribution in [1.82, 2.24) is 14.8 Å². The Bertz CT molecular complexity index is 825. The van der Waals surface area contributed by atoms with E-state index >= 15 is 0 Å². The minimum absolute atomic E-state index is 0.261. The number of hydrogen-bond acceptors (Lipinski definition) is 4. The van der Waals surface area contributed by atoms with Gasteiger partial charge in [-0.3, -0.25) is 4.79 Å². The Morgan fingerprint density at radius 2 is 2.14 bits per heavy atom. The zero-order valence-electron chi connectivity index (χ0n) is 11.1. The van der Waals surface area contributed by atoms with Crippen LogP contribution in [0.25, 0.3) is 11.8 Å². The molecule has 0 atom stereocenters. The van der Waals surface area contributed by atoms with Gasteiger partial charge in [-0.2, -0.15) is 5.10 Å². The van der Waals surface area contributed by atoms with E-state index in [0.29, 0.717) is 16.3 Å². The number of hydrogen-bond donors (Lipinski definition) is 0. The molecule has 0 N–H and O–H groups in total. The topological polar surface area (TPSA) is 60.9 Å². The SMILES string of the molecule is O=C(C(=Cc1ccco1)n1cncn1)c1ccc(Cl)cc1Cl. The third-order valence-corrected chi connectivity index (χ3v) is 3.44. The summed E-state index contributed by atoms with van der Waals surface area (Å²) in [4.78, 5) is 16.6. The van der Waals surface area contributed by atoms with E-state index < -0.39 is 0 Å². The lowest BCUT2D eigenvalue weighted by Gasteiger charge is -2.08. The maximum Gasteiger partial charge on any atom is 0.213 e. The Labute approximate surface area is 135 Å². The van der Waals surface area contributed by atoms with Crippen LogP contribution in [0.2, 0.25) is 10.0 Å². The van der Waals surface area contributed by atoms with Crippen molar-refractivity contribution in [3.05, 3.63) is 70.6 Å². The summed E-state index contributed by atoms with van der Waals surface area (Å²) in [6.07, 6.45) is 5.86. The highest BCUT2D eigenvalue weighted by Crippen LogP contribution is 2.25. The highest BCUT2D eigenvalue weighted by Gasteiger charge is 2.18. The number of rotatable bonds is 4. The van der Waals surface area contributed by atoms with Crippen molar-refractivity contribution >= 4 is 40.8 Å². The third kappa shape index (κ3) is 2.95. The molecule has 0 amide bonds. The van der Waals surface area contributed by atoms with E-state index in [1.807, 2.05) is 0 Å². The number of carbonyl (C=O) groups is 1. The van der Waals surface area contributed by atoms with Gasteiger partial charge in [-0.15, -0.1) is 0 Å². The normalized spacial score (nSPS) is 11.6. The molecule has 110 valence electrons. The van der Waals surface area contributed by atoms with Crippen LogP contribution in [0.1, 0.15) is 16.1 Å². The molecule has 3 rings (SSSR count). The van der Waals surface area contributed by atoms with Gasteiger partial charge in [0.15, 0.2) is 0 Å². The molecule has 0 bridgehead atoms. The first-order valence-electron chi connectivity index (χ1n) is 6.25. The summed E-state index contributed by atoms with van der Waals surface area (Å²) in [5, 5.41) is 4.72. The van der Waals surface area contributed by atoms with Gasteiger partial charge in [0, 0.05) is 16.7 Å². The molecule has 0 unspecified atom stereocenters. The van der Waals surface area contributed by atoms with Crippen LogP contribution >= 0.6 is 23.2 Å². The first-order valence-corrected chi connectivity index (χ1v) is 7.00. The van der Waals surface area contributed by atoms with Gasteiger partial charge in [0.2, 0.25) is 5.78 Å². The van der Waals surface area contributed by atoms with Crippen LogP contribution in [-0.2, 0) is 0 Å². The van der Waals surface area contributed by atoms with Gasteiger partial charge >= 0.3 is 0 Å². The number of carbonyl (C=O) groups excluding carboxylic acids is 1. The molecule has 0 aliphatic heterocycles. The fraction of sp³-hybridized carbons (Fsp3) is 0. The fourth-order valence-electron chi connectivity index (χ4n) is 1.89. The highest BCUT2D eigenvalue weighted by molar-refractivity contribution is 6.40. The zero-order chi connectivity index (χ0) is 15.5. The molecule has 0 fully saturated rings. The van der Waals surface area contributed by atoms with Crippen molar-refractivity contribution in [2.45, 2.75) is 0 Å². The molecule has 3 aromatic rings. The number of Topliss-reactive ketones (excluding diaryl/α,β-unsaturated/α-hetero) is 1. The summed E-state index contributed by atoms with van der Waals surface area (Å²) in [7, 11) is 0. The molecule has 0 saturated carbocycles. The first kappa shape index (κ1) is 14.6. The van der Waals surface area contributed by atoms with Crippen LogP contribution in [0, 0.1) is 0 Å². The molecule has 0 saturated heterocycles. The van der Waals surface area contributed by atoms with E-state index in [9.17, 15) is 4.79 Å². The van der Waals surface area contributed by atoms with Gasteiger partial charge in [-0.1, -0.05) is 23.2 Å². The van der Waals surface area contributed by atoms with Crippen LogP contribution < -0.4 is 0 Å². The largest absolute Gasteiger partial charge is 0.465 e. The molecule has 0 aliphatic rings. The summed E-state index contributed by atoms with van der Waals surface area (Å²) in [6, 6.07) is 8.15. The van der Waals surface area contributed by atoms with Crippen LogP contribution in [0.4, 0.5) is 0 Å². The van der Waals surface area contributed by atoms with E-state index in [2.05, 4.69) is 10.1 Å². The second-order valence-corrected chi connectivity index (χ2v) is 5.18. The van der Waals surface area contributed by atoms with E-state index in [0.717, 1.165) is 0 Å². The molecule has 0 aliphatic carbocycles. The molecule has 0 spiro atoms. The monoisotopic (exact) mass is 333 g/mol. The molecule has 5 nitrogen and oxygen atoms in total. The maximum atomic E-state index is 12.8. The summed E-state index contributed by atoms with van der Waals surface area (Å²) >= 11 is 12.0. The molecule has 0 radical (unpaired) electrons. The van der Waals surface area contributed by atoms with Crippen molar-refractivity contribution in [2.75, 3.05) is 0 Å². The van der Waals surface area contributed by atoms with Crippen LogP contribution in [0.15, 0.2) is 53.7 Å². The number of ketones is 1. The van der Waals surface area contributed by atoms with E-state index in [1.54, 1.807) is 30.3 Å². The minimum atomic E-state index is -0.316. The quantitative estimate of drug-likeness (QED) is 0.533. The molecule has 22 heavy (non-hydrogen) atoms. The van der Waals surface area contributed by atoms with Gasteiger partial charge in [-0.05, 0) is 30.3 Å². The number of halogens is 2. The molecular weight excluding hydrogens is 325 g/mol. The molecule has 2 heterocycles. The van der Waals surface area contributed by atoms with Crippen molar-refractivity contribution in [1.29, 1.82) is 0 Å². The third-order valence-electron chi connectivity index (χ3n) is 2.90. The van der Waals surface area contributed by atoms with Crippen LogP contribution in [-0.4, -0.2) is 20.5 Å². The van der Waals surface area contributed by atoms with Crippen LogP contribution in [0.5, 0.6) is 0 Å². The first-order chi connectivity index (χ1) is 10.6. The van der Waals surface area contributed by atoms with Crippen molar-refractivity contribution < 1.29 is 9.21 Å². The highest BCUT2D eigenvalue weighted by atomic mass is 35.5. The summed E-state index contributed by atoms with van der Waals surface area (Å²) in [5.41, 5.74) is 0.580. The van der Waals surface area contributed by atoms with Gasteiger partial charge < -0.3 is 4.42 Å². The summed E-state index contributed by atoms with van der Waals surface area (Å²) in [5.74, 6) is 0.201. The van der Waals surface area contributed by atoms with Crippen molar-refractivity contribution in [3.8, 4) is 0 Å². The van der Waals surface area contributed by atoms with Gasteiger partial charge in [0.05, 0.1) is 11.3 Å². The van der Waals surface area contributed by atoms with Crippen molar-refractivity contribution in [2.24, 2.45) is 0 Å². The summed E-state index contributed by atoms with van der Waals surface area (Å²) < 4.78 is 6.61. The van der Waals surface area contributed by atoms with E-state index in [-0.39, 0.29) is 16.5 Å². The lowest BCUT2D eigenvalue weighted by atomic mass is 10.1. The molecule has 1 aromatic carbocycles. The minimum Gasteiger partial charge on any atom is -0.465 e. The van der Waals surface area contributed by atoms with Gasteiger partial charge in [0.1, 0.15) is 24.1 Å². The second kappa shape index (κ2) is 6.17. The smallest absolute Gasteiger partial charge is 0.213 e. The molecule has 7 heteroatoms. The number of benzene rings is 1. The number of nitrogens with zero attached hydrogens (tertiary/aromatic N) is 3. The Morgan fingerprint density at radius 3 is 2.77 bits per heavy atom. The predicted molar refractivity (Wildman–Crippen MR) is 83.7 cm³/mol. The zero-order valence-corrected chi connectivity index (χ0v) is 12.6. The standard InChI is InChI=1S/C15H9Cl2N3O2/c16-10-3-4-12(13(17)6-10)15(21)14(20-9-18-8-19-20)7-11-2-1-5-22-11/h1-9H. The summed E-state index contributed by atoms with van der Waals surface area (Å²) in [6.45, 7) is 0. The van der Waals surface area contributed by atoms with Gasteiger partial charge in [0.25, 0.3) is 0 Å². The van der Waals surface area contributed by atoms with Crippen molar-refractivity contribution in [3.63, 3.8) is 0 Å². The number of furan rings is 1. The average Bonchev–Trinajstić information content (AvgIpc) is 3.17. The predicted octanol–water partition coefficient (Wildman–Crippen LogP) is 4.06. The fourth-order valence-corrected chi connectivity index (χ4v) is 2.38. The molecular formula is C15H9Cl2N3O2. The number of aromatic nitrogens is 3. The molecule has 2 aromatic heterocycles. The maximum absolute atomic E-state index is 12.8. The van der Waals surface area contributed by atoms with E-state index in [1.165, 1.54) is 29.7 Å². The average molecular weight is 334 g/mol. The van der Waals surface area contributed by atoms with Crippen LogP contribution in [0.3, 0.4) is 0 Å². The van der Waals surface area contributed by atoms with E-state index in [4.69, 9.17) is 27.6 Å². The Kier molecular flexibility index (Phi) is 4.09. The number of allylic oxidation sites excluding steroid dienone is 1. The second-order valence-electron chi connectivity index (χ2n) is 4.34. The van der Waals surface area contributed by atoms with Gasteiger partial charge in [-0.25, -0.2) is 9.67 Å². The lowest BCUT2D eigenvalue weighted by molar-refractivity contribution is 0.105. The Morgan fingerprint density at radius 1 is 1.27 bits per heavy atom. The Hall–Kier alpha value is -2.37.